The van der Waals surface area contributed by atoms with E-state index in [1.54, 1.807) is 35.7 Å². The van der Waals surface area contributed by atoms with E-state index in [4.69, 9.17) is 22.1 Å². The van der Waals surface area contributed by atoms with Gasteiger partial charge in [0.1, 0.15) is 17.3 Å². The maximum Gasteiger partial charge on any atom is 0.238 e. The number of benzene rings is 3. The zero-order valence-corrected chi connectivity index (χ0v) is 16.7. The summed E-state index contributed by atoms with van der Waals surface area (Å²) in [4.78, 5) is -0.0168. The van der Waals surface area contributed by atoms with Crippen molar-refractivity contribution in [1.29, 1.82) is 0 Å². The molecule has 2 N–H and O–H groups in total. The molecule has 29 heavy (non-hydrogen) atoms. The molecule has 1 unspecified atom stereocenters. The summed E-state index contributed by atoms with van der Waals surface area (Å²) < 4.78 is 44.1. The molecule has 0 saturated carbocycles. The largest absolute Gasteiger partial charge is 0.456 e. The van der Waals surface area contributed by atoms with E-state index >= 15 is 0 Å². The summed E-state index contributed by atoms with van der Waals surface area (Å²) in [6, 6.07) is 19.8. The molecule has 3 aromatic carbocycles. The van der Waals surface area contributed by atoms with Gasteiger partial charge in [-0.15, -0.1) is 0 Å². The first-order valence-electron chi connectivity index (χ1n) is 8.74. The maximum atomic E-state index is 14.7. The summed E-state index contributed by atoms with van der Waals surface area (Å²) in [6.45, 7) is 0. The zero-order valence-electron chi connectivity index (χ0n) is 15.1. The van der Waals surface area contributed by atoms with Crippen LogP contribution in [0.2, 0.25) is 0 Å². The van der Waals surface area contributed by atoms with Crippen molar-refractivity contribution in [1.82, 2.24) is 0 Å². The lowest BCUT2D eigenvalue weighted by molar-refractivity contribution is 0.499. The number of sulfonamides is 1. The van der Waals surface area contributed by atoms with Crippen LogP contribution in [0.25, 0.3) is 11.3 Å². The second-order valence-electron chi connectivity index (χ2n) is 6.55. The van der Waals surface area contributed by atoms with Gasteiger partial charge in [-0.25, -0.2) is 17.9 Å². The number of hydrogen-bond donors (Lipinski definition) is 1. The number of halogens is 1. The Morgan fingerprint density at radius 3 is 2.28 bits per heavy atom. The number of ether oxygens (including phenoxy) is 1. The molecule has 0 saturated heterocycles. The lowest BCUT2D eigenvalue weighted by Gasteiger charge is -2.29. The maximum absolute atomic E-state index is 14.7. The first-order valence-corrected chi connectivity index (χ1v) is 10.8. The number of primary sulfonamides is 1. The summed E-state index contributed by atoms with van der Waals surface area (Å²) >= 11 is 5.31. The standard InChI is InChI=1S/C22H16FNO3S2/c23-19-7-3-1-6-17(19)21-18(13-28)16-5-2-4-8-20(16)27-22(21)14-9-11-15(12-10-14)29(24,25)26/h1-13,18H,(H2,24,25,26). The van der Waals surface area contributed by atoms with E-state index in [1.165, 1.54) is 18.2 Å². The van der Waals surface area contributed by atoms with E-state index in [0.29, 0.717) is 28.2 Å². The zero-order chi connectivity index (χ0) is 20.6. The van der Waals surface area contributed by atoms with Crippen LogP contribution in [-0.4, -0.2) is 13.8 Å². The Bertz CT molecular complexity index is 1230. The van der Waals surface area contributed by atoms with E-state index in [-0.39, 0.29) is 10.8 Å². The number of rotatable bonds is 4. The average Bonchev–Trinajstić information content (AvgIpc) is 2.72. The molecule has 1 atom stereocenters. The lowest BCUT2D eigenvalue weighted by Crippen LogP contribution is -2.16. The second-order valence-corrected chi connectivity index (χ2v) is 8.38. The number of fused-ring (bicyclic) bond motifs is 1. The van der Waals surface area contributed by atoms with Crippen LogP contribution in [0.5, 0.6) is 5.75 Å². The summed E-state index contributed by atoms with van der Waals surface area (Å²) in [5.74, 6) is 0.260. The SMILES string of the molecule is NS(=O)(=O)c1ccc(C2=C(c3ccccc3F)C(C=S)c3ccccc3O2)cc1. The van der Waals surface area contributed by atoms with Crippen molar-refractivity contribution in [2.45, 2.75) is 10.8 Å². The predicted octanol–water partition coefficient (Wildman–Crippen LogP) is 4.52. The highest BCUT2D eigenvalue weighted by Crippen LogP contribution is 2.46. The van der Waals surface area contributed by atoms with Gasteiger partial charge in [0.25, 0.3) is 0 Å². The molecular weight excluding hydrogens is 409 g/mol. The van der Waals surface area contributed by atoms with Gasteiger partial charge >= 0.3 is 0 Å². The number of thiocarbonyl (C=S) groups is 1. The molecule has 4 rings (SSSR count). The van der Waals surface area contributed by atoms with Gasteiger partial charge in [0.05, 0.1) is 4.90 Å². The van der Waals surface area contributed by atoms with Gasteiger partial charge in [0, 0.05) is 28.2 Å². The Hall–Kier alpha value is -2.87. The van der Waals surface area contributed by atoms with Crippen molar-refractivity contribution in [3.05, 3.63) is 95.3 Å². The summed E-state index contributed by atoms with van der Waals surface area (Å²) in [5, 5.41) is 6.78. The van der Waals surface area contributed by atoms with Crippen molar-refractivity contribution in [3.8, 4) is 5.75 Å². The Labute approximate surface area is 173 Å². The molecule has 0 spiro atoms. The minimum absolute atomic E-state index is 0.0168. The Balaban J connectivity index is 1.98. The molecule has 0 bridgehead atoms. The first kappa shape index (κ1) is 19.4. The average molecular weight is 426 g/mol. The van der Waals surface area contributed by atoms with Gasteiger partial charge in [-0.2, -0.15) is 0 Å². The fourth-order valence-corrected chi connectivity index (χ4v) is 4.21. The summed E-state index contributed by atoms with van der Waals surface area (Å²) in [5.41, 5.74) is 2.39. The molecule has 0 fully saturated rings. The first-order chi connectivity index (χ1) is 13.9. The third-order valence-electron chi connectivity index (χ3n) is 4.77. The highest BCUT2D eigenvalue weighted by Gasteiger charge is 2.31. The molecule has 7 heteroatoms. The molecule has 1 aliphatic rings. The third-order valence-corrected chi connectivity index (χ3v) is 5.97. The molecule has 4 nitrogen and oxygen atoms in total. The van der Waals surface area contributed by atoms with Gasteiger partial charge in [-0.05, 0) is 41.8 Å². The number of hydrogen-bond acceptors (Lipinski definition) is 4. The Morgan fingerprint density at radius 2 is 1.62 bits per heavy atom. The molecule has 0 amide bonds. The van der Waals surface area contributed by atoms with Crippen LogP contribution < -0.4 is 9.88 Å². The molecule has 1 aliphatic heterocycles. The highest BCUT2D eigenvalue weighted by molar-refractivity contribution is 7.89. The Kier molecular flexibility index (Phi) is 5.04. The molecule has 0 aliphatic carbocycles. The van der Waals surface area contributed by atoms with Crippen LogP contribution in [0.1, 0.15) is 22.6 Å². The van der Waals surface area contributed by atoms with Crippen LogP contribution in [0, 0.1) is 5.82 Å². The van der Waals surface area contributed by atoms with Gasteiger partial charge < -0.3 is 4.74 Å². The van der Waals surface area contributed by atoms with E-state index in [1.807, 2.05) is 24.3 Å². The number of nitrogens with two attached hydrogens (primary N) is 1. The van der Waals surface area contributed by atoms with Crippen LogP contribution in [0.4, 0.5) is 4.39 Å². The van der Waals surface area contributed by atoms with Crippen LogP contribution in [-0.2, 0) is 10.0 Å². The minimum Gasteiger partial charge on any atom is -0.456 e. The minimum atomic E-state index is -3.83. The predicted molar refractivity (Wildman–Crippen MR) is 114 cm³/mol. The van der Waals surface area contributed by atoms with E-state index in [2.05, 4.69) is 0 Å². The van der Waals surface area contributed by atoms with Gasteiger partial charge in [-0.1, -0.05) is 48.6 Å². The molecule has 146 valence electrons. The number of para-hydroxylation sites is 1. The van der Waals surface area contributed by atoms with Crippen LogP contribution >= 0.6 is 12.2 Å². The monoisotopic (exact) mass is 425 g/mol. The normalized spacial score (nSPS) is 16.1. The quantitative estimate of drug-likeness (QED) is 0.624. The third kappa shape index (κ3) is 3.60. The van der Waals surface area contributed by atoms with E-state index in [0.717, 1.165) is 5.56 Å². The molecular formula is C22H16FNO3S2. The summed E-state index contributed by atoms with van der Waals surface area (Å²) in [6.07, 6.45) is 0. The van der Waals surface area contributed by atoms with Crippen molar-refractivity contribution in [2.24, 2.45) is 5.14 Å². The van der Waals surface area contributed by atoms with Gasteiger partial charge in [-0.3, -0.25) is 0 Å². The second kappa shape index (κ2) is 7.51. The fraction of sp³-hybridized carbons (Fsp3) is 0.0455. The van der Waals surface area contributed by atoms with Crippen molar-refractivity contribution in [2.75, 3.05) is 0 Å². The van der Waals surface area contributed by atoms with E-state index < -0.39 is 15.8 Å². The number of allylic oxidation sites excluding steroid dienone is 1. The molecule has 0 radical (unpaired) electrons. The molecule has 3 aromatic rings. The summed E-state index contributed by atoms with van der Waals surface area (Å²) in [7, 11) is -3.83. The lowest BCUT2D eigenvalue weighted by atomic mass is 9.83. The fourth-order valence-electron chi connectivity index (χ4n) is 3.41. The molecule has 0 aromatic heterocycles. The van der Waals surface area contributed by atoms with Crippen LogP contribution in [0.15, 0.2) is 77.7 Å². The van der Waals surface area contributed by atoms with Crippen molar-refractivity contribution in [3.63, 3.8) is 0 Å². The van der Waals surface area contributed by atoms with Crippen LogP contribution in [0.3, 0.4) is 0 Å². The van der Waals surface area contributed by atoms with Gasteiger partial charge in [0.2, 0.25) is 10.0 Å². The highest BCUT2D eigenvalue weighted by atomic mass is 32.2. The van der Waals surface area contributed by atoms with Crippen molar-refractivity contribution >= 4 is 38.9 Å². The smallest absolute Gasteiger partial charge is 0.238 e. The Morgan fingerprint density at radius 1 is 0.966 bits per heavy atom. The van der Waals surface area contributed by atoms with Crippen molar-refractivity contribution < 1.29 is 17.5 Å². The van der Waals surface area contributed by atoms with Gasteiger partial charge in [0.15, 0.2) is 0 Å². The van der Waals surface area contributed by atoms with E-state index in [9.17, 15) is 12.8 Å². The topological polar surface area (TPSA) is 69.4 Å². The molecule has 1 heterocycles.